The first-order valence-electron chi connectivity index (χ1n) is 3.92. The molecule has 2 rings (SSSR count). The first-order valence-corrected chi connectivity index (χ1v) is 5.29. The van der Waals surface area contributed by atoms with Gasteiger partial charge in [-0.25, -0.2) is 4.98 Å². The Kier molecular flexibility index (Phi) is 2.74. The molecule has 5 heteroatoms. The van der Waals surface area contributed by atoms with Crippen molar-refractivity contribution in [3.63, 3.8) is 0 Å². The summed E-state index contributed by atoms with van der Waals surface area (Å²) in [4.78, 5) is 14.7. The predicted octanol–water partition coefficient (Wildman–Crippen LogP) is 2.69. The Hall–Kier alpha value is -1.00. The van der Waals surface area contributed by atoms with Gasteiger partial charge in [0.15, 0.2) is 5.58 Å². The topological polar surface area (TPSA) is 43.1 Å². The highest BCUT2D eigenvalue weighted by Crippen LogP contribution is 2.23. The minimum Gasteiger partial charge on any atom is -0.431 e. The molecule has 0 radical (unpaired) electrons. The Morgan fingerprint density at radius 3 is 3.00 bits per heavy atom. The van der Waals surface area contributed by atoms with Gasteiger partial charge in [0.05, 0.1) is 5.75 Å². The molecule has 1 heterocycles. The second-order valence-corrected chi connectivity index (χ2v) is 3.94. The molecule has 1 aromatic carbocycles. The maximum absolute atomic E-state index is 10.5. The molecule has 0 aliphatic rings. The number of carbonyl (C=O) groups is 1. The van der Waals surface area contributed by atoms with Gasteiger partial charge in [-0.2, -0.15) is 0 Å². The van der Waals surface area contributed by atoms with E-state index in [0.29, 0.717) is 5.22 Å². The number of fused-ring (bicyclic) bond motifs is 1. The molecule has 0 atom stereocenters. The van der Waals surface area contributed by atoms with Crippen LogP contribution in [0.5, 0.6) is 0 Å². The van der Waals surface area contributed by atoms with E-state index in [4.69, 9.17) is 16.0 Å². The minimum absolute atomic E-state index is 0.175. The molecule has 3 nitrogen and oxygen atoms in total. The zero-order valence-electron chi connectivity index (χ0n) is 7.07. The fourth-order valence-electron chi connectivity index (χ4n) is 1.03. The number of oxazole rings is 1. The van der Waals surface area contributed by atoms with Crippen LogP contribution in [0.25, 0.3) is 11.1 Å². The van der Waals surface area contributed by atoms with E-state index < -0.39 is 5.24 Å². The molecular formula is C9H6ClNO2S. The van der Waals surface area contributed by atoms with Crippen molar-refractivity contribution in [3.05, 3.63) is 24.3 Å². The smallest absolute Gasteiger partial charge is 0.257 e. The fourth-order valence-corrected chi connectivity index (χ4v) is 1.74. The maximum atomic E-state index is 10.5. The highest BCUT2D eigenvalue weighted by Gasteiger charge is 2.06. The highest BCUT2D eigenvalue weighted by molar-refractivity contribution is 7.99. The third-order valence-corrected chi connectivity index (χ3v) is 2.70. The van der Waals surface area contributed by atoms with Crippen molar-refractivity contribution in [2.45, 2.75) is 5.22 Å². The summed E-state index contributed by atoms with van der Waals surface area (Å²) in [5.41, 5.74) is 1.51. The molecule has 72 valence electrons. The lowest BCUT2D eigenvalue weighted by Gasteiger charge is -1.87. The van der Waals surface area contributed by atoms with Gasteiger partial charge in [0.2, 0.25) is 5.24 Å². The molecule has 2 aromatic rings. The Morgan fingerprint density at radius 1 is 1.50 bits per heavy atom. The van der Waals surface area contributed by atoms with Crippen molar-refractivity contribution in [1.29, 1.82) is 0 Å². The number of hydrogen-bond donors (Lipinski definition) is 0. The number of nitrogens with zero attached hydrogens (tertiary/aromatic N) is 1. The van der Waals surface area contributed by atoms with Crippen LogP contribution in [-0.2, 0) is 4.79 Å². The number of carbonyl (C=O) groups excluding carboxylic acids is 1. The van der Waals surface area contributed by atoms with Crippen molar-refractivity contribution in [2.75, 3.05) is 5.75 Å². The minimum atomic E-state index is -0.405. The number of rotatable bonds is 3. The zero-order chi connectivity index (χ0) is 9.97. The monoisotopic (exact) mass is 227 g/mol. The van der Waals surface area contributed by atoms with E-state index in [9.17, 15) is 4.79 Å². The molecular weight excluding hydrogens is 222 g/mol. The quantitative estimate of drug-likeness (QED) is 0.597. The number of benzene rings is 1. The second-order valence-electron chi connectivity index (χ2n) is 2.59. The predicted molar refractivity (Wildman–Crippen MR) is 55.6 cm³/mol. The van der Waals surface area contributed by atoms with Crippen molar-refractivity contribution < 1.29 is 9.21 Å². The average Bonchev–Trinajstić information content (AvgIpc) is 2.57. The van der Waals surface area contributed by atoms with E-state index >= 15 is 0 Å². The van der Waals surface area contributed by atoms with Crippen molar-refractivity contribution >= 4 is 39.7 Å². The Morgan fingerprint density at radius 2 is 2.29 bits per heavy atom. The third kappa shape index (κ3) is 2.08. The van der Waals surface area contributed by atoms with Gasteiger partial charge in [0.25, 0.3) is 5.22 Å². The SMILES string of the molecule is O=C(Cl)CSc1nc2ccccc2o1. The molecule has 0 amide bonds. The third-order valence-electron chi connectivity index (χ3n) is 1.58. The normalized spacial score (nSPS) is 10.6. The van der Waals surface area contributed by atoms with Crippen LogP contribution in [0.1, 0.15) is 0 Å². The van der Waals surface area contributed by atoms with Crippen LogP contribution in [0.3, 0.4) is 0 Å². The maximum Gasteiger partial charge on any atom is 0.257 e. The van der Waals surface area contributed by atoms with Gasteiger partial charge in [-0.05, 0) is 23.7 Å². The van der Waals surface area contributed by atoms with Crippen LogP contribution >= 0.6 is 23.4 Å². The number of aromatic nitrogens is 1. The second kappa shape index (κ2) is 4.02. The van der Waals surface area contributed by atoms with E-state index in [1.807, 2.05) is 24.3 Å². The molecule has 14 heavy (non-hydrogen) atoms. The van der Waals surface area contributed by atoms with Gasteiger partial charge < -0.3 is 4.42 Å². The summed E-state index contributed by atoms with van der Waals surface area (Å²) in [5.74, 6) is 0.175. The van der Waals surface area contributed by atoms with Gasteiger partial charge in [-0.15, -0.1) is 0 Å². The Bertz CT molecular complexity index is 436. The van der Waals surface area contributed by atoms with E-state index in [-0.39, 0.29) is 5.75 Å². The highest BCUT2D eigenvalue weighted by atomic mass is 35.5. The number of thioether (sulfide) groups is 1. The molecule has 0 saturated carbocycles. The molecule has 0 spiro atoms. The molecule has 1 aromatic heterocycles. The van der Waals surface area contributed by atoms with Gasteiger partial charge in [0, 0.05) is 0 Å². The summed E-state index contributed by atoms with van der Waals surface area (Å²) < 4.78 is 5.36. The lowest BCUT2D eigenvalue weighted by atomic mass is 10.3. The van der Waals surface area contributed by atoms with Crippen molar-refractivity contribution in [3.8, 4) is 0 Å². The van der Waals surface area contributed by atoms with E-state index in [0.717, 1.165) is 11.1 Å². The van der Waals surface area contributed by atoms with E-state index in [2.05, 4.69) is 4.98 Å². The number of para-hydroxylation sites is 2. The van der Waals surface area contributed by atoms with Crippen molar-refractivity contribution in [2.24, 2.45) is 0 Å². The summed E-state index contributed by atoms with van der Waals surface area (Å²) in [6.07, 6.45) is 0. The molecule has 0 fully saturated rings. The van der Waals surface area contributed by atoms with Crippen LogP contribution in [0.15, 0.2) is 33.9 Å². The van der Waals surface area contributed by atoms with E-state index in [1.54, 1.807) is 0 Å². The summed E-state index contributed by atoms with van der Waals surface area (Å²) in [6, 6.07) is 7.43. The molecule has 0 unspecified atom stereocenters. The number of halogens is 1. The van der Waals surface area contributed by atoms with Crippen molar-refractivity contribution in [1.82, 2.24) is 4.98 Å². The van der Waals surface area contributed by atoms with Gasteiger partial charge in [-0.3, -0.25) is 4.79 Å². The first-order chi connectivity index (χ1) is 6.75. The first kappa shape index (κ1) is 9.55. The van der Waals surface area contributed by atoms with Gasteiger partial charge in [-0.1, -0.05) is 23.9 Å². The van der Waals surface area contributed by atoms with Crippen LogP contribution in [-0.4, -0.2) is 16.0 Å². The summed E-state index contributed by atoms with van der Waals surface area (Å²) in [6.45, 7) is 0. The van der Waals surface area contributed by atoms with Crippen LogP contribution in [0, 0.1) is 0 Å². The van der Waals surface area contributed by atoms with Crippen LogP contribution < -0.4 is 0 Å². The Labute approximate surface area is 89.4 Å². The average molecular weight is 228 g/mol. The van der Waals surface area contributed by atoms with E-state index in [1.165, 1.54) is 11.8 Å². The summed E-state index contributed by atoms with van der Waals surface area (Å²) >= 11 is 6.39. The molecule has 0 aliphatic heterocycles. The standard InChI is InChI=1S/C9H6ClNO2S/c10-8(12)5-14-9-11-6-3-1-2-4-7(6)13-9/h1-4H,5H2. The summed E-state index contributed by atoms with van der Waals surface area (Å²) in [7, 11) is 0. The lowest BCUT2D eigenvalue weighted by molar-refractivity contribution is -0.109. The molecule has 0 aliphatic carbocycles. The van der Waals surface area contributed by atoms with Gasteiger partial charge >= 0.3 is 0 Å². The van der Waals surface area contributed by atoms with Crippen LogP contribution in [0.4, 0.5) is 0 Å². The fraction of sp³-hybridized carbons (Fsp3) is 0.111. The van der Waals surface area contributed by atoms with Crippen LogP contribution in [0.2, 0.25) is 0 Å². The number of hydrogen-bond acceptors (Lipinski definition) is 4. The summed E-state index contributed by atoms with van der Waals surface area (Å²) in [5, 5.41) is 0.0671. The largest absolute Gasteiger partial charge is 0.431 e. The lowest BCUT2D eigenvalue weighted by Crippen LogP contribution is -1.88. The molecule has 0 bridgehead atoms. The van der Waals surface area contributed by atoms with Gasteiger partial charge in [0.1, 0.15) is 5.52 Å². The molecule has 0 saturated heterocycles. The zero-order valence-corrected chi connectivity index (χ0v) is 8.64. The Balaban J connectivity index is 2.22. The molecule has 0 N–H and O–H groups in total.